The number of alkyl halides is 3. The van der Waals surface area contributed by atoms with Crippen LogP contribution in [0, 0.1) is 5.92 Å². The number of rotatable bonds is 6. The highest BCUT2D eigenvalue weighted by atomic mass is 19.4. The van der Waals surface area contributed by atoms with E-state index in [2.05, 4.69) is 0 Å². The van der Waals surface area contributed by atoms with Crippen molar-refractivity contribution < 1.29 is 27.9 Å². The van der Waals surface area contributed by atoms with Crippen LogP contribution in [0.25, 0.3) is 0 Å². The first-order valence-corrected chi connectivity index (χ1v) is 5.51. The molecule has 0 saturated heterocycles. The minimum absolute atomic E-state index is 0.173. The molecule has 104 valence electrons. The molecule has 0 bridgehead atoms. The third-order valence-electron chi connectivity index (χ3n) is 2.69. The molecule has 1 aliphatic rings. The Morgan fingerprint density at radius 1 is 1.39 bits per heavy atom. The zero-order valence-corrected chi connectivity index (χ0v) is 9.61. The van der Waals surface area contributed by atoms with Gasteiger partial charge in [-0.2, -0.15) is 13.2 Å². The monoisotopic (exact) mass is 268 g/mol. The maximum Gasteiger partial charge on any atom is 0.406 e. The lowest BCUT2D eigenvalue weighted by atomic mass is 10.1. The molecule has 8 heteroatoms. The maximum atomic E-state index is 12.2. The fourth-order valence-corrected chi connectivity index (χ4v) is 1.63. The van der Waals surface area contributed by atoms with Crippen LogP contribution in [0.1, 0.15) is 19.3 Å². The fraction of sp³-hybridized carbons (Fsp3) is 0.800. The predicted octanol–water partition coefficient (Wildman–Crippen LogP) is 0.589. The minimum atomic E-state index is -4.62. The SMILES string of the molecule is NC(CC(=O)N(CC(=O)O)CC(F)(F)F)C1CC1. The average molecular weight is 268 g/mol. The number of carboxylic acids is 1. The van der Waals surface area contributed by atoms with Crippen molar-refractivity contribution in [1.82, 2.24) is 4.90 Å². The van der Waals surface area contributed by atoms with Crippen LogP contribution in [0.15, 0.2) is 0 Å². The second-order valence-electron chi connectivity index (χ2n) is 4.46. The average Bonchev–Trinajstić information content (AvgIpc) is 2.95. The Labute approximate surface area is 102 Å². The molecule has 0 heterocycles. The number of hydrogen-bond donors (Lipinski definition) is 2. The highest BCUT2D eigenvalue weighted by Gasteiger charge is 2.36. The van der Waals surface area contributed by atoms with Crippen LogP contribution < -0.4 is 5.73 Å². The number of amides is 1. The molecule has 0 aromatic heterocycles. The Morgan fingerprint density at radius 3 is 2.33 bits per heavy atom. The molecule has 0 spiro atoms. The van der Waals surface area contributed by atoms with Crippen LogP contribution in [-0.4, -0.2) is 47.2 Å². The molecule has 0 aromatic rings. The van der Waals surface area contributed by atoms with Gasteiger partial charge in [0, 0.05) is 12.5 Å². The van der Waals surface area contributed by atoms with Crippen LogP contribution in [0.4, 0.5) is 13.2 Å². The Balaban J connectivity index is 2.56. The van der Waals surface area contributed by atoms with Gasteiger partial charge in [0.15, 0.2) is 0 Å². The summed E-state index contributed by atoms with van der Waals surface area (Å²) in [5.41, 5.74) is 5.64. The molecule has 18 heavy (non-hydrogen) atoms. The first kappa shape index (κ1) is 14.7. The largest absolute Gasteiger partial charge is 0.480 e. The lowest BCUT2D eigenvalue weighted by Crippen LogP contribution is -2.44. The number of carboxylic acid groups (broad SMARTS) is 1. The number of halogens is 3. The molecule has 1 amide bonds. The number of hydrogen-bond acceptors (Lipinski definition) is 3. The third-order valence-corrected chi connectivity index (χ3v) is 2.69. The highest BCUT2D eigenvalue weighted by Crippen LogP contribution is 2.33. The summed E-state index contributed by atoms with van der Waals surface area (Å²) in [6.07, 6.45) is -3.12. The second kappa shape index (κ2) is 5.55. The molecule has 3 N–H and O–H groups in total. The zero-order valence-electron chi connectivity index (χ0n) is 9.61. The number of nitrogens with two attached hydrogens (primary N) is 1. The lowest BCUT2D eigenvalue weighted by molar-refractivity contribution is -0.166. The lowest BCUT2D eigenvalue weighted by Gasteiger charge is -2.23. The molecule has 1 aliphatic carbocycles. The van der Waals surface area contributed by atoms with Crippen LogP contribution in [0.2, 0.25) is 0 Å². The Hall–Kier alpha value is -1.31. The van der Waals surface area contributed by atoms with Gasteiger partial charge < -0.3 is 15.7 Å². The smallest absolute Gasteiger partial charge is 0.406 e. The number of carbonyl (C=O) groups is 2. The van der Waals surface area contributed by atoms with E-state index in [-0.39, 0.29) is 17.2 Å². The number of carbonyl (C=O) groups excluding carboxylic acids is 1. The molecule has 0 aromatic carbocycles. The summed E-state index contributed by atoms with van der Waals surface area (Å²) in [5, 5.41) is 8.49. The van der Waals surface area contributed by atoms with E-state index in [0.29, 0.717) is 0 Å². The van der Waals surface area contributed by atoms with Gasteiger partial charge >= 0.3 is 12.1 Å². The molecule has 1 unspecified atom stereocenters. The third kappa shape index (κ3) is 5.35. The Bertz CT molecular complexity index is 329. The van der Waals surface area contributed by atoms with Crippen LogP contribution in [0.3, 0.4) is 0 Å². The topological polar surface area (TPSA) is 83.6 Å². The standard InChI is InChI=1S/C10H15F3N2O3/c11-10(12,13)5-15(4-9(17)18)8(16)3-7(14)6-1-2-6/h6-7H,1-5,14H2,(H,17,18). The maximum absolute atomic E-state index is 12.2. The summed E-state index contributed by atoms with van der Waals surface area (Å²) in [6.45, 7) is -2.52. The van der Waals surface area contributed by atoms with Gasteiger partial charge in [-0.1, -0.05) is 0 Å². The van der Waals surface area contributed by atoms with E-state index < -0.39 is 37.2 Å². The minimum Gasteiger partial charge on any atom is -0.480 e. The zero-order chi connectivity index (χ0) is 13.9. The van der Waals surface area contributed by atoms with Crippen molar-refractivity contribution >= 4 is 11.9 Å². The summed E-state index contributed by atoms with van der Waals surface area (Å²) in [5.74, 6) is -2.17. The van der Waals surface area contributed by atoms with E-state index in [1.807, 2.05) is 0 Å². The predicted molar refractivity (Wildman–Crippen MR) is 55.6 cm³/mol. The van der Waals surface area contributed by atoms with Crippen molar-refractivity contribution in [3.05, 3.63) is 0 Å². The van der Waals surface area contributed by atoms with Crippen LogP contribution in [0.5, 0.6) is 0 Å². The van der Waals surface area contributed by atoms with E-state index in [4.69, 9.17) is 10.8 Å². The van der Waals surface area contributed by atoms with Gasteiger partial charge in [0.25, 0.3) is 0 Å². The number of nitrogens with zero attached hydrogens (tertiary/aromatic N) is 1. The van der Waals surface area contributed by atoms with Crippen molar-refractivity contribution in [2.45, 2.75) is 31.5 Å². The van der Waals surface area contributed by atoms with E-state index in [1.165, 1.54) is 0 Å². The van der Waals surface area contributed by atoms with Gasteiger partial charge in [-0.3, -0.25) is 9.59 Å². The van der Waals surface area contributed by atoms with E-state index in [9.17, 15) is 22.8 Å². The summed E-state index contributed by atoms with van der Waals surface area (Å²) in [6, 6.07) is -0.484. The van der Waals surface area contributed by atoms with Crippen molar-refractivity contribution in [2.75, 3.05) is 13.1 Å². The van der Waals surface area contributed by atoms with Crippen molar-refractivity contribution in [2.24, 2.45) is 11.7 Å². The van der Waals surface area contributed by atoms with Gasteiger partial charge in [-0.15, -0.1) is 0 Å². The normalized spacial score (nSPS) is 17.3. The molecule has 1 fully saturated rings. The van der Waals surface area contributed by atoms with Crippen molar-refractivity contribution in [1.29, 1.82) is 0 Å². The van der Waals surface area contributed by atoms with Gasteiger partial charge in [-0.25, -0.2) is 0 Å². The summed E-state index contributed by atoms with van der Waals surface area (Å²) in [7, 11) is 0. The molecule has 1 saturated carbocycles. The quantitative estimate of drug-likeness (QED) is 0.738. The van der Waals surface area contributed by atoms with Gasteiger partial charge in [0.05, 0.1) is 0 Å². The number of aliphatic carboxylic acids is 1. The molecule has 0 radical (unpaired) electrons. The summed E-state index contributed by atoms with van der Waals surface area (Å²) >= 11 is 0. The molecular formula is C10H15F3N2O3. The summed E-state index contributed by atoms with van der Waals surface area (Å²) in [4.78, 5) is 22.3. The molecular weight excluding hydrogens is 253 g/mol. The molecule has 1 rings (SSSR count). The van der Waals surface area contributed by atoms with Crippen molar-refractivity contribution in [3.63, 3.8) is 0 Å². The molecule has 1 atom stereocenters. The van der Waals surface area contributed by atoms with E-state index in [1.54, 1.807) is 0 Å². The summed E-state index contributed by atoms with van der Waals surface area (Å²) < 4.78 is 36.6. The Morgan fingerprint density at radius 2 is 1.94 bits per heavy atom. The Kier molecular flexibility index (Phi) is 4.55. The van der Waals surface area contributed by atoms with Crippen LogP contribution in [-0.2, 0) is 9.59 Å². The highest BCUT2D eigenvalue weighted by molar-refractivity contribution is 5.81. The van der Waals surface area contributed by atoms with E-state index in [0.717, 1.165) is 12.8 Å². The van der Waals surface area contributed by atoms with Crippen molar-refractivity contribution in [3.8, 4) is 0 Å². The van der Waals surface area contributed by atoms with E-state index >= 15 is 0 Å². The first-order valence-electron chi connectivity index (χ1n) is 5.51. The molecule has 5 nitrogen and oxygen atoms in total. The fourth-order valence-electron chi connectivity index (χ4n) is 1.63. The van der Waals surface area contributed by atoms with Gasteiger partial charge in [-0.05, 0) is 18.8 Å². The van der Waals surface area contributed by atoms with Crippen LogP contribution >= 0.6 is 0 Å². The molecule has 0 aliphatic heterocycles. The van der Waals surface area contributed by atoms with Gasteiger partial charge in [0.2, 0.25) is 5.91 Å². The first-order chi connectivity index (χ1) is 8.19. The van der Waals surface area contributed by atoms with Gasteiger partial charge in [0.1, 0.15) is 13.1 Å². The second-order valence-corrected chi connectivity index (χ2v) is 4.46.